The molecule has 0 atom stereocenters. The summed E-state index contributed by atoms with van der Waals surface area (Å²) in [5.74, 6) is 0. The van der Waals surface area contributed by atoms with Gasteiger partial charge in [0.15, 0.2) is 7.14 Å². The Labute approximate surface area is 187 Å². The molecule has 1 aliphatic rings. The molecule has 0 saturated carbocycles. The molecule has 7 rings (SSSR count). The first kappa shape index (κ1) is 17.7. The van der Waals surface area contributed by atoms with Crippen LogP contribution in [0.3, 0.4) is 0 Å². The zero-order chi connectivity index (χ0) is 20.6. The van der Waals surface area contributed by atoms with Crippen molar-refractivity contribution < 1.29 is 4.57 Å². The van der Waals surface area contributed by atoms with Crippen LogP contribution >= 0.6 is 29.8 Å². The zero-order valence-corrected chi connectivity index (χ0v) is 18.9. The highest BCUT2D eigenvalue weighted by molar-refractivity contribution is 7.87. The Morgan fingerprint density at radius 3 is 1.71 bits per heavy atom. The summed E-state index contributed by atoms with van der Waals surface area (Å²) in [6.07, 6.45) is 0. The number of hydrogen-bond donors (Lipinski definition) is 0. The molecule has 1 aliphatic heterocycles. The summed E-state index contributed by atoms with van der Waals surface area (Å²) in [6.45, 7) is 0. The summed E-state index contributed by atoms with van der Waals surface area (Å²) in [5.41, 5.74) is 3.27. The number of para-hydroxylation sites is 3. The van der Waals surface area contributed by atoms with Crippen molar-refractivity contribution in [3.8, 4) is 15.4 Å². The number of rotatable bonds is 2. The first-order valence-corrected chi connectivity index (χ1v) is 13.6. The minimum Gasteiger partial charge on any atom is -0.308 e. The third-order valence-corrected chi connectivity index (χ3v) is 11.7. The van der Waals surface area contributed by atoms with Gasteiger partial charge in [-0.1, -0.05) is 48.5 Å². The largest absolute Gasteiger partial charge is 0.308 e. The van der Waals surface area contributed by atoms with E-state index < -0.39 is 7.14 Å². The summed E-state index contributed by atoms with van der Waals surface area (Å²) >= 11 is 3.39. The average molecular weight is 454 g/mol. The number of hydrogen-bond acceptors (Lipinski definition) is 3. The Balaban J connectivity index is 1.62. The van der Waals surface area contributed by atoms with Crippen molar-refractivity contribution in [3.05, 3.63) is 95.7 Å². The Morgan fingerprint density at radius 1 is 0.581 bits per heavy atom. The summed E-state index contributed by atoms with van der Waals surface area (Å²) in [7, 11) is -2.94. The standard InChI is InChI=1S/C26H16NOPS2/c28-29(23-13-15-30-25(23)26-24(29)14-16-31-26)22-12-6-5-11-21(22)27-19-9-3-1-7-17(19)18-8-2-4-10-20(18)27/h1-16H. The van der Waals surface area contributed by atoms with Gasteiger partial charge in [-0.05, 0) is 47.2 Å². The number of benzene rings is 3. The molecule has 4 heterocycles. The number of aromatic nitrogens is 1. The topological polar surface area (TPSA) is 22.0 Å². The van der Waals surface area contributed by atoms with Gasteiger partial charge < -0.3 is 9.13 Å². The predicted octanol–water partition coefficient (Wildman–Crippen LogP) is 6.53. The fraction of sp³-hybridized carbons (Fsp3) is 0. The van der Waals surface area contributed by atoms with Gasteiger partial charge in [-0.2, -0.15) is 0 Å². The first-order valence-electron chi connectivity index (χ1n) is 10.1. The quantitative estimate of drug-likeness (QED) is 0.273. The molecule has 3 aromatic heterocycles. The summed E-state index contributed by atoms with van der Waals surface area (Å²) in [4.78, 5) is 2.34. The van der Waals surface area contributed by atoms with E-state index in [4.69, 9.17) is 0 Å². The maximum absolute atomic E-state index is 15.0. The van der Waals surface area contributed by atoms with E-state index >= 15 is 0 Å². The Bertz CT molecular complexity index is 1590. The normalized spacial score (nSPS) is 14.2. The van der Waals surface area contributed by atoms with Gasteiger partial charge in [0.1, 0.15) is 0 Å². The van der Waals surface area contributed by atoms with Crippen LogP contribution in [0.2, 0.25) is 0 Å². The minimum absolute atomic E-state index is 0.915. The second-order valence-corrected chi connectivity index (χ2v) is 12.2. The van der Waals surface area contributed by atoms with Crippen LogP contribution in [-0.4, -0.2) is 4.57 Å². The number of fused-ring (bicyclic) bond motifs is 6. The molecule has 6 aromatic rings. The van der Waals surface area contributed by atoms with Crippen LogP contribution in [0.4, 0.5) is 0 Å². The minimum atomic E-state index is -2.94. The van der Waals surface area contributed by atoms with Crippen molar-refractivity contribution in [2.24, 2.45) is 0 Å². The molecule has 0 N–H and O–H groups in total. The molecule has 0 aliphatic carbocycles. The number of thiophene rings is 2. The molecular formula is C26H16NOPS2. The first-order chi connectivity index (χ1) is 15.3. The van der Waals surface area contributed by atoms with Gasteiger partial charge in [0.2, 0.25) is 0 Å². The lowest BCUT2D eigenvalue weighted by atomic mass is 10.2. The molecule has 0 spiro atoms. The van der Waals surface area contributed by atoms with Crippen molar-refractivity contribution in [2.45, 2.75) is 0 Å². The molecule has 2 nitrogen and oxygen atoms in total. The van der Waals surface area contributed by atoms with E-state index in [-0.39, 0.29) is 0 Å². The fourth-order valence-electron chi connectivity index (χ4n) is 4.93. The highest BCUT2D eigenvalue weighted by Crippen LogP contribution is 2.56. The lowest BCUT2D eigenvalue weighted by Crippen LogP contribution is -2.23. The summed E-state index contributed by atoms with van der Waals surface area (Å²) in [5, 5.41) is 9.47. The van der Waals surface area contributed by atoms with E-state index in [0.717, 1.165) is 32.6 Å². The lowest BCUT2D eigenvalue weighted by Gasteiger charge is -2.20. The van der Waals surface area contributed by atoms with Crippen molar-refractivity contribution in [1.82, 2.24) is 4.57 Å². The molecule has 0 saturated heterocycles. The maximum Gasteiger partial charge on any atom is 0.176 e. The van der Waals surface area contributed by atoms with E-state index in [1.54, 1.807) is 22.7 Å². The second-order valence-electron chi connectivity index (χ2n) is 7.74. The van der Waals surface area contributed by atoms with E-state index in [1.165, 1.54) is 20.5 Å². The maximum atomic E-state index is 15.0. The van der Waals surface area contributed by atoms with Gasteiger partial charge in [0.05, 0.1) is 26.5 Å². The Hall–Kier alpha value is -2.91. The van der Waals surface area contributed by atoms with Crippen molar-refractivity contribution >= 4 is 67.5 Å². The van der Waals surface area contributed by atoms with Crippen LogP contribution in [0.25, 0.3) is 37.2 Å². The third kappa shape index (κ3) is 2.20. The molecule has 0 amide bonds. The van der Waals surface area contributed by atoms with Crippen LogP contribution in [0.1, 0.15) is 0 Å². The van der Waals surface area contributed by atoms with Crippen LogP contribution in [-0.2, 0) is 4.57 Å². The average Bonchev–Trinajstić information content (AvgIpc) is 3.58. The SMILES string of the molecule is O=P1(c2ccccc2-n2c3ccccc3c3ccccc32)c2ccsc2-c2sccc21. The van der Waals surface area contributed by atoms with Gasteiger partial charge in [-0.3, -0.25) is 0 Å². The molecule has 3 aromatic carbocycles. The van der Waals surface area contributed by atoms with E-state index in [0.29, 0.717) is 0 Å². The molecule has 31 heavy (non-hydrogen) atoms. The van der Waals surface area contributed by atoms with Gasteiger partial charge >= 0.3 is 0 Å². The smallest absolute Gasteiger partial charge is 0.176 e. The molecular weight excluding hydrogens is 437 g/mol. The Kier molecular flexibility index (Phi) is 3.61. The van der Waals surface area contributed by atoms with Crippen molar-refractivity contribution in [2.75, 3.05) is 0 Å². The summed E-state index contributed by atoms with van der Waals surface area (Å²) < 4.78 is 17.3. The fourth-order valence-corrected chi connectivity index (χ4v) is 11.1. The lowest BCUT2D eigenvalue weighted by molar-refractivity contribution is 0.593. The molecule has 5 heteroatoms. The van der Waals surface area contributed by atoms with Crippen LogP contribution in [0.15, 0.2) is 95.7 Å². The predicted molar refractivity (Wildman–Crippen MR) is 135 cm³/mol. The van der Waals surface area contributed by atoms with Gasteiger partial charge in [-0.15, -0.1) is 22.7 Å². The Morgan fingerprint density at radius 2 is 1.10 bits per heavy atom. The van der Waals surface area contributed by atoms with E-state index in [9.17, 15) is 4.57 Å². The number of nitrogens with zero attached hydrogens (tertiary/aromatic N) is 1. The third-order valence-electron chi connectivity index (χ3n) is 6.22. The second kappa shape index (κ2) is 6.30. The monoisotopic (exact) mass is 453 g/mol. The van der Waals surface area contributed by atoms with Gasteiger partial charge in [0, 0.05) is 26.7 Å². The van der Waals surface area contributed by atoms with Crippen molar-refractivity contribution in [3.63, 3.8) is 0 Å². The molecule has 0 radical (unpaired) electrons. The van der Waals surface area contributed by atoms with E-state index in [1.807, 2.05) is 12.1 Å². The van der Waals surface area contributed by atoms with Crippen LogP contribution in [0.5, 0.6) is 0 Å². The van der Waals surface area contributed by atoms with Crippen molar-refractivity contribution in [1.29, 1.82) is 0 Å². The molecule has 0 fully saturated rings. The zero-order valence-electron chi connectivity index (χ0n) is 16.4. The van der Waals surface area contributed by atoms with Crippen LogP contribution < -0.4 is 15.9 Å². The van der Waals surface area contributed by atoms with Gasteiger partial charge in [0.25, 0.3) is 0 Å². The molecule has 0 bridgehead atoms. The molecule has 0 unspecified atom stereocenters. The molecule has 148 valence electrons. The van der Waals surface area contributed by atoms with E-state index in [2.05, 4.69) is 88.1 Å². The summed E-state index contributed by atoms with van der Waals surface area (Å²) in [6, 6.07) is 29.3. The highest BCUT2D eigenvalue weighted by atomic mass is 32.1. The highest BCUT2D eigenvalue weighted by Gasteiger charge is 2.43. The van der Waals surface area contributed by atoms with Gasteiger partial charge in [-0.25, -0.2) is 0 Å². The van der Waals surface area contributed by atoms with Crippen LogP contribution in [0, 0.1) is 0 Å².